The van der Waals surface area contributed by atoms with Crippen molar-refractivity contribution in [3.63, 3.8) is 0 Å². The molecule has 0 atom stereocenters. The van der Waals surface area contributed by atoms with Gasteiger partial charge in [0.1, 0.15) is 11.9 Å². The summed E-state index contributed by atoms with van der Waals surface area (Å²) >= 11 is 0.716. The second-order valence-electron chi connectivity index (χ2n) is 8.12. The van der Waals surface area contributed by atoms with Crippen molar-refractivity contribution in [2.45, 2.75) is 51.4 Å². The van der Waals surface area contributed by atoms with Crippen LogP contribution in [-0.2, 0) is 10.9 Å². The van der Waals surface area contributed by atoms with Crippen LogP contribution in [0.3, 0.4) is 0 Å². The lowest BCUT2D eigenvalue weighted by Crippen LogP contribution is -2.44. The molecule has 0 saturated carbocycles. The largest absolute Gasteiger partial charge is 0.478 e. The van der Waals surface area contributed by atoms with Gasteiger partial charge in [0.2, 0.25) is 0 Å². The number of carboxylic acids is 1. The molecule has 164 valence electrons. The van der Waals surface area contributed by atoms with E-state index in [1.165, 1.54) is 5.38 Å². The van der Waals surface area contributed by atoms with Crippen LogP contribution >= 0.6 is 11.3 Å². The summed E-state index contributed by atoms with van der Waals surface area (Å²) in [7, 11) is 0. The molecule has 7 nitrogen and oxygen atoms in total. The first kappa shape index (κ1) is 22.1. The van der Waals surface area contributed by atoms with E-state index in [2.05, 4.69) is 10.3 Å². The molecule has 1 aliphatic rings. The number of alkyl carbamates (subject to hydrolysis) is 1. The Bertz CT molecular complexity index is 960. The highest BCUT2D eigenvalue weighted by Crippen LogP contribution is 2.40. The van der Waals surface area contributed by atoms with E-state index < -0.39 is 29.3 Å². The number of fused-ring (bicyclic) bond motifs is 1. The van der Waals surface area contributed by atoms with Crippen LogP contribution in [0.5, 0.6) is 0 Å². The molecule has 0 aromatic carbocycles. The number of piperidine rings is 1. The minimum Gasteiger partial charge on any atom is -0.478 e. The van der Waals surface area contributed by atoms with Crippen LogP contribution in [0.15, 0.2) is 11.4 Å². The van der Waals surface area contributed by atoms with Gasteiger partial charge in [-0.25, -0.2) is 14.6 Å². The molecule has 2 aromatic rings. The van der Waals surface area contributed by atoms with Crippen LogP contribution in [-0.4, -0.2) is 46.9 Å². The van der Waals surface area contributed by atoms with Gasteiger partial charge in [0.05, 0.1) is 21.3 Å². The number of thiophene rings is 1. The number of nitrogens with zero attached hydrogens (tertiary/aromatic N) is 2. The van der Waals surface area contributed by atoms with E-state index in [4.69, 9.17) is 4.74 Å². The Morgan fingerprint density at radius 2 is 1.90 bits per heavy atom. The SMILES string of the molecule is CC(C)(C)NC(=O)OC1CCN(c2cc(C(F)(F)F)c3scc(C(=O)O)c3n2)CC1. The number of carboxylic acid groups (broad SMARTS) is 1. The van der Waals surface area contributed by atoms with Crippen molar-refractivity contribution >= 4 is 39.4 Å². The molecule has 3 heterocycles. The van der Waals surface area contributed by atoms with Gasteiger partial charge in [0.15, 0.2) is 0 Å². The fourth-order valence-corrected chi connectivity index (χ4v) is 4.23. The first-order valence-electron chi connectivity index (χ1n) is 9.31. The lowest BCUT2D eigenvalue weighted by Gasteiger charge is -2.33. The molecule has 2 aromatic heterocycles. The van der Waals surface area contributed by atoms with Crippen molar-refractivity contribution in [1.29, 1.82) is 0 Å². The Balaban J connectivity index is 1.80. The third kappa shape index (κ3) is 4.94. The number of pyridine rings is 1. The van der Waals surface area contributed by atoms with Gasteiger partial charge in [0, 0.05) is 36.9 Å². The molecular formula is C19H22F3N3O4S. The van der Waals surface area contributed by atoms with E-state index in [0.717, 1.165) is 6.07 Å². The standard InChI is InChI=1S/C19H22F3N3O4S/c1-18(2,3)24-17(28)29-10-4-6-25(7-5-10)13-8-12(19(20,21)22)15-14(23-13)11(9-30-15)16(26)27/h8-10H,4-7H2,1-3H3,(H,24,28)(H,26,27). The van der Waals surface area contributed by atoms with Crippen molar-refractivity contribution in [3.8, 4) is 0 Å². The number of alkyl halides is 3. The second-order valence-corrected chi connectivity index (χ2v) is 9.00. The topological polar surface area (TPSA) is 91.8 Å². The zero-order chi connectivity index (χ0) is 22.3. The van der Waals surface area contributed by atoms with E-state index in [9.17, 15) is 27.9 Å². The number of nitrogens with one attached hydrogen (secondary N) is 1. The molecular weight excluding hydrogens is 423 g/mol. The number of hydrogen-bond acceptors (Lipinski definition) is 6. The summed E-state index contributed by atoms with van der Waals surface area (Å²) in [5.74, 6) is -1.26. The fraction of sp³-hybridized carbons (Fsp3) is 0.526. The van der Waals surface area contributed by atoms with Gasteiger partial charge in [-0.3, -0.25) is 0 Å². The Kier molecular flexibility index (Phi) is 5.85. The highest BCUT2D eigenvalue weighted by atomic mass is 32.1. The summed E-state index contributed by atoms with van der Waals surface area (Å²) in [6.45, 7) is 6.14. The maximum Gasteiger partial charge on any atom is 0.417 e. The Hall–Kier alpha value is -2.56. The van der Waals surface area contributed by atoms with Crippen molar-refractivity contribution < 1.29 is 32.6 Å². The van der Waals surface area contributed by atoms with Gasteiger partial charge < -0.3 is 20.1 Å². The number of halogens is 3. The summed E-state index contributed by atoms with van der Waals surface area (Å²) in [5, 5.41) is 13.2. The van der Waals surface area contributed by atoms with Gasteiger partial charge in [-0.1, -0.05) is 0 Å². The van der Waals surface area contributed by atoms with Gasteiger partial charge in [-0.05, 0) is 26.8 Å². The highest BCUT2D eigenvalue weighted by molar-refractivity contribution is 7.17. The lowest BCUT2D eigenvalue weighted by molar-refractivity contribution is -0.136. The van der Waals surface area contributed by atoms with Crippen molar-refractivity contribution in [1.82, 2.24) is 10.3 Å². The maximum absolute atomic E-state index is 13.6. The van der Waals surface area contributed by atoms with Crippen LogP contribution in [0.1, 0.15) is 49.5 Å². The molecule has 30 heavy (non-hydrogen) atoms. The van der Waals surface area contributed by atoms with Crippen LogP contribution in [0.2, 0.25) is 0 Å². The third-order valence-electron chi connectivity index (χ3n) is 4.56. The number of rotatable bonds is 3. The number of ether oxygens (including phenoxy) is 1. The molecule has 0 radical (unpaired) electrons. The molecule has 1 aliphatic heterocycles. The number of aromatic nitrogens is 1. The van der Waals surface area contributed by atoms with Gasteiger partial charge in [-0.2, -0.15) is 13.2 Å². The molecule has 1 fully saturated rings. The van der Waals surface area contributed by atoms with E-state index in [1.807, 2.05) is 20.8 Å². The molecule has 1 saturated heterocycles. The highest BCUT2D eigenvalue weighted by Gasteiger charge is 2.36. The molecule has 0 aliphatic carbocycles. The maximum atomic E-state index is 13.6. The summed E-state index contributed by atoms with van der Waals surface area (Å²) in [6, 6.07) is 0.956. The first-order valence-corrected chi connectivity index (χ1v) is 10.2. The molecule has 2 N–H and O–H groups in total. The van der Waals surface area contributed by atoms with Crippen LogP contribution in [0.25, 0.3) is 10.2 Å². The van der Waals surface area contributed by atoms with Crippen LogP contribution in [0.4, 0.5) is 23.8 Å². The van der Waals surface area contributed by atoms with Gasteiger partial charge >= 0.3 is 18.2 Å². The van der Waals surface area contributed by atoms with E-state index >= 15 is 0 Å². The van der Waals surface area contributed by atoms with Crippen LogP contribution < -0.4 is 10.2 Å². The minimum absolute atomic E-state index is 0.0633. The van der Waals surface area contributed by atoms with Crippen LogP contribution in [0, 0.1) is 0 Å². The minimum atomic E-state index is -4.64. The number of hydrogen-bond donors (Lipinski definition) is 2. The van der Waals surface area contributed by atoms with E-state index in [-0.39, 0.29) is 27.7 Å². The molecule has 0 unspecified atom stereocenters. The van der Waals surface area contributed by atoms with Gasteiger partial charge in [0.25, 0.3) is 0 Å². The molecule has 11 heteroatoms. The number of carbonyl (C=O) groups excluding carboxylic acids is 1. The van der Waals surface area contributed by atoms with Gasteiger partial charge in [-0.15, -0.1) is 11.3 Å². The zero-order valence-corrected chi connectivity index (χ0v) is 17.5. The monoisotopic (exact) mass is 445 g/mol. The van der Waals surface area contributed by atoms with E-state index in [0.29, 0.717) is 37.3 Å². The Morgan fingerprint density at radius 1 is 1.27 bits per heavy atom. The van der Waals surface area contributed by atoms with Crippen molar-refractivity contribution in [3.05, 3.63) is 22.6 Å². The average molecular weight is 445 g/mol. The third-order valence-corrected chi connectivity index (χ3v) is 5.56. The van der Waals surface area contributed by atoms with Crippen molar-refractivity contribution in [2.75, 3.05) is 18.0 Å². The Morgan fingerprint density at radius 3 is 2.43 bits per heavy atom. The summed E-state index contributed by atoms with van der Waals surface area (Å²) in [4.78, 5) is 29.2. The number of aromatic carboxylic acids is 1. The molecule has 0 bridgehead atoms. The first-order chi connectivity index (χ1) is 13.8. The number of anilines is 1. The van der Waals surface area contributed by atoms with Crippen molar-refractivity contribution in [2.24, 2.45) is 0 Å². The lowest BCUT2D eigenvalue weighted by atomic mass is 10.1. The zero-order valence-electron chi connectivity index (χ0n) is 16.7. The quantitative estimate of drug-likeness (QED) is 0.723. The molecule has 1 amide bonds. The second kappa shape index (κ2) is 7.93. The summed E-state index contributed by atoms with van der Waals surface area (Å²) in [6.07, 6.45) is -4.68. The fourth-order valence-electron chi connectivity index (χ4n) is 3.21. The molecule has 0 spiro atoms. The number of carbonyl (C=O) groups is 2. The molecule has 3 rings (SSSR count). The smallest absolute Gasteiger partial charge is 0.417 e. The number of amides is 1. The average Bonchev–Trinajstić information content (AvgIpc) is 3.03. The predicted molar refractivity (Wildman–Crippen MR) is 106 cm³/mol. The predicted octanol–water partition coefficient (Wildman–Crippen LogP) is 4.51. The Labute approximate surface area is 174 Å². The normalized spacial score (nSPS) is 16.0. The summed E-state index contributed by atoms with van der Waals surface area (Å²) in [5.41, 5.74) is -1.75. The summed E-state index contributed by atoms with van der Waals surface area (Å²) < 4.78 is 45.9. The van der Waals surface area contributed by atoms with E-state index in [1.54, 1.807) is 4.90 Å².